The van der Waals surface area contributed by atoms with E-state index in [1.165, 1.54) is 14.0 Å². The number of hydrogen-bond donors (Lipinski definition) is 2. The number of nitrogens with zero attached hydrogens (tertiary/aromatic N) is 2. The van der Waals surface area contributed by atoms with E-state index in [4.69, 9.17) is 9.47 Å². The van der Waals surface area contributed by atoms with Gasteiger partial charge in [-0.25, -0.2) is 9.18 Å². The topological polar surface area (TPSA) is 67.8 Å². The largest absolute Gasteiger partial charge is 0.490 e. The smallest absolute Gasteiger partial charge is 0.410 e. The van der Waals surface area contributed by atoms with Crippen LogP contribution in [0.1, 0.15) is 51.3 Å². The molecule has 240 valence electrons. The maximum absolute atomic E-state index is 15.3. The average molecular weight is 739 g/mol. The van der Waals surface area contributed by atoms with E-state index >= 15 is 4.39 Å². The maximum Gasteiger partial charge on any atom is 0.410 e. The third-order valence-electron chi connectivity index (χ3n) is 8.38. The van der Waals surface area contributed by atoms with Gasteiger partial charge in [0.25, 0.3) is 0 Å². The van der Waals surface area contributed by atoms with Crippen molar-refractivity contribution in [3.8, 4) is 17.6 Å². The van der Waals surface area contributed by atoms with E-state index in [0.29, 0.717) is 29.6 Å². The Morgan fingerprint density at radius 2 is 1.96 bits per heavy atom. The van der Waals surface area contributed by atoms with Crippen LogP contribution in [0.4, 0.5) is 33.7 Å². The van der Waals surface area contributed by atoms with Crippen molar-refractivity contribution in [3.05, 3.63) is 51.2 Å². The summed E-state index contributed by atoms with van der Waals surface area (Å²) in [7, 11) is 0. The number of carbonyl (C=O) groups is 1. The molecule has 2 aromatic carbocycles. The van der Waals surface area contributed by atoms with E-state index in [1.807, 2.05) is 12.1 Å². The van der Waals surface area contributed by atoms with Crippen molar-refractivity contribution < 1.29 is 31.8 Å². The van der Waals surface area contributed by atoms with Gasteiger partial charge < -0.3 is 29.6 Å². The van der Waals surface area contributed by atoms with E-state index in [1.54, 1.807) is 45.0 Å². The number of nitrogens with one attached hydrogen (secondary N) is 2. The molecule has 0 bridgehead atoms. The second-order valence-electron chi connectivity index (χ2n) is 13.0. The van der Waals surface area contributed by atoms with Crippen LogP contribution in [-0.4, -0.2) is 65.8 Å². The maximum atomic E-state index is 15.3. The molecule has 2 N–H and O–H groups in total. The fraction of sp³-hybridized carbons (Fsp3) is 0.485. The van der Waals surface area contributed by atoms with E-state index in [-0.39, 0.29) is 30.7 Å². The highest BCUT2D eigenvalue weighted by Crippen LogP contribution is 2.58. The van der Waals surface area contributed by atoms with Crippen LogP contribution in [0.2, 0.25) is 0 Å². The number of piperidine rings is 1. The lowest BCUT2D eigenvalue weighted by Crippen LogP contribution is -2.51. The Labute approximate surface area is 273 Å². The van der Waals surface area contributed by atoms with Gasteiger partial charge in [0.1, 0.15) is 24.1 Å². The molecule has 2 fully saturated rings. The zero-order valence-electron chi connectivity index (χ0n) is 25.3. The number of ether oxygens (including phenoxy) is 2. The van der Waals surface area contributed by atoms with Crippen molar-refractivity contribution in [2.75, 3.05) is 36.9 Å². The summed E-state index contributed by atoms with van der Waals surface area (Å²) in [4.78, 5) is 13.8. The van der Waals surface area contributed by atoms with Gasteiger partial charge >= 0.3 is 12.3 Å². The summed E-state index contributed by atoms with van der Waals surface area (Å²) in [6.45, 7) is 5.07. The van der Waals surface area contributed by atoms with E-state index in [0.717, 1.165) is 28.8 Å². The molecule has 1 spiro atoms. The van der Waals surface area contributed by atoms with Crippen LogP contribution in [0.5, 0.6) is 5.75 Å². The third-order valence-corrected chi connectivity index (χ3v) is 9.28. The molecule has 3 heterocycles. The molecule has 1 aliphatic carbocycles. The van der Waals surface area contributed by atoms with Crippen LogP contribution in [0.3, 0.4) is 0 Å². The number of halogens is 5. The van der Waals surface area contributed by atoms with E-state index in [9.17, 15) is 18.0 Å². The summed E-state index contributed by atoms with van der Waals surface area (Å²) in [5, 5.41) is 6.98. The molecule has 1 aromatic heterocycles. The van der Waals surface area contributed by atoms with Gasteiger partial charge in [-0.15, -0.1) is 0 Å². The highest BCUT2D eigenvalue weighted by atomic mass is 127. The predicted molar refractivity (Wildman–Crippen MR) is 174 cm³/mol. The Kier molecular flexibility index (Phi) is 8.29. The van der Waals surface area contributed by atoms with Crippen LogP contribution in [0.25, 0.3) is 10.9 Å². The summed E-state index contributed by atoms with van der Waals surface area (Å²) >= 11 is 2.33. The monoisotopic (exact) mass is 738 g/mol. The summed E-state index contributed by atoms with van der Waals surface area (Å²) < 4.78 is 70.1. The van der Waals surface area contributed by atoms with E-state index in [2.05, 4.69) is 45.1 Å². The van der Waals surface area contributed by atoms with Gasteiger partial charge in [0.05, 0.1) is 42.6 Å². The Balaban J connectivity index is 1.20. The lowest BCUT2D eigenvalue weighted by atomic mass is 9.98. The van der Waals surface area contributed by atoms with Gasteiger partial charge in [0, 0.05) is 32.2 Å². The Bertz CT molecular complexity index is 1680. The second kappa shape index (κ2) is 11.8. The number of fused-ring (bicyclic) bond motifs is 3. The summed E-state index contributed by atoms with van der Waals surface area (Å²) in [6, 6.07) is 9.93. The van der Waals surface area contributed by atoms with Crippen LogP contribution in [0.15, 0.2) is 36.4 Å². The van der Waals surface area contributed by atoms with Crippen LogP contribution >= 0.6 is 22.6 Å². The standard InChI is InChI=1S/C33H35F4IN4O3/c1-31(2,3)45-30(43)41-15-11-25(22(34)17-41)40-24-7-4-8-27-21(24)16-20(42(27)18-33(35,36)37)6-5-14-39-26-10-9-23(38)28-29(26)44-19-32(28)12-13-32/h4,7-10,16,22,25,39-40H,11-15,17-19H2,1-3H3/t22-,25+/m0/s1. The Morgan fingerprint density at radius 3 is 2.64 bits per heavy atom. The van der Waals surface area contributed by atoms with Crippen LogP contribution in [0, 0.1) is 15.4 Å². The molecular formula is C33H35F4IN4O3. The zero-order valence-corrected chi connectivity index (χ0v) is 27.4. The second-order valence-corrected chi connectivity index (χ2v) is 14.1. The molecular weight excluding hydrogens is 703 g/mol. The average Bonchev–Trinajstić information content (AvgIpc) is 3.51. The van der Waals surface area contributed by atoms with Crippen molar-refractivity contribution in [2.45, 2.75) is 76.0 Å². The highest BCUT2D eigenvalue weighted by Gasteiger charge is 2.52. The number of anilines is 2. The molecule has 1 amide bonds. The number of hydrogen-bond acceptors (Lipinski definition) is 5. The van der Waals surface area contributed by atoms with Crippen molar-refractivity contribution in [3.63, 3.8) is 0 Å². The molecule has 1 saturated carbocycles. The summed E-state index contributed by atoms with van der Waals surface area (Å²) in [5.74, 6) is 6.75. The van der Waals surface area contributed by atoms with Crippen LogP contribution in [-0.2, 0) is 16.7 Å². The minimum Gasteiger partial charge on any atom is -0.490 e. The fourth-order valence-corrected chi connectivity index (χ4v) is 7.06. The van der Waals surface area contributed by atoms with Crippen molar-refractivity contribution in [1.82, 2.24) is 9.47 Å². The number of likely N-dealkylation sites (tertiary alicyclic amines) is 1. The number of aromatic nitrogens is 1. The molecule has 6 rings (SSSR count). The van der Waals surface area contributed by atoms with E-state index < -0.39 is 36.6 Å². The quantitative estimate of drug-likeness (QED) is 0.162. The first-order valence-electron chi connectivity index (χ1n) is 15.0. The van der Waals surface area contributed by atoms with Gasteiger partial charge in [-0.2, -0.15) is 13.2 Å². The number of rotatable bonds is 5. The Morgan fingerprint density at radius 1 is 1.18 bits per heavy atom. The predicted octanol–water partition coefficient (Wildman–Crippen LogP) is 7.46. The van der Waals surface area contributed by atoms with Gasteiger partial charge in [-0.3, -0.25) is 0 Å². The fourth-order valence-electron chi connectivity index (χ4n) is 6.07. The van der Waals surface area contributed by atoms with Gasteiger partial charge in [-0.05, 0) is 98.9 Å². The first-order valence-corrected chi connectivity index (χ1v) is 16.1. The minimum atomic E-state index is -4.47. The molecule has 2 aliphatic heterocycles. The molecule has 45 heavy (non-hydrogen) atoms. The zero-order chi connectivity index (χ0) is 32.1. The third kappa shape index (κ3) is 6.78. The molecule has 0 radical (unpaired) electrons. The number of amides is 1. The first-order chi connectivity index (χ1) is 21.2. The highest BCUT2D eigenvalue weighted by molar-refractivity contribution is 14.1. The number of carbonyl (C=O) groups excluding carboxylic acids is 1. The molecule has 2 atom stereocenters. The van der Waals surface area contributed by atoms with Crippen molar-refractivity contribution in [1.29, 1.82) is 0 Å². The molecule has 3 aromatic rings. The summed E-state index contributed by atoms with van der Waals surface area (Å²) in [6.07, 6.45) is -3.91. The molecule has 3 aliphatic rings. The normalized spacial score (nSPS) is 20.3. The lowest BCUT2D eigenvalue weighted by Gasteiger charge is -2.36. The molecule has 0 unspecified atom stereocenters. The number of alkyl halides is 4. The first kappa shape index (κ1) is 31.6. The minimum absolute atomic E-state index is 0.122. The Hall–Kier alpha value is -3.34. The number of benzene rings is 2. The summed E-state index contributed by atoms with van der Waals surface area (Å²) in [5.41, 5.74) is 2.54. The van der Waals surface area contributed by atoms with Crippen LogP contribution < -0.4 is 15.4 Å². The van der Waals surface area contributed by atoms with Gasteiger partial charge in [0.2, 0.25) is 0 Å². The van der Waals surface area contributed by atoms with Gasteiger partial charge in [0.15, 0.2) is 0 Å². The van der Waals surface area contributed by atoms with Crippen molar-refractivity contribution in [2.24, 2.45) is 0 Å². The molecule has 1 saturated heterocycles. The van der Waals surface area contributed by atoms with Crippen molar-refractivity contribution >= 4 is 51.0 Å². The SMILES string of the molecule is CC(C)(C)OC(=O)N1CC[C@@H](Nc2cccc3c2cc(C#CCNc2ccc(I)c4c2OCC42CC2)n3CC(F)(F)F)[C@@H](F)C1. The molecule has 12 heteroatoms. The molecule has 7 nitrogen and oxygen atoms in total. The van der Waals surface area contributed by atoms with Gasteiger partial charge in [-0.1, -0.05) is 12.0 Å². The lowest BCUT2D eigenvalue weighted by molar-refractivity contribution is -0.140.